The fraction of sp³-hybridized carbons (Fsp3) is 0.400. The second kappa shape index (κ2) is 10.8. The molecule has 2 aromatic carbocycles. The first-order valence-corrected chi connectivity index (χ1v) is 13.9. The lowest BCUT2D eigenvalue weighted by molar-refractivity contribution is 0.315. The van der Waals surface area contributed by atoms with Crippen LogP contribution in [0, 0.1) is 6.92 Å². The molecule has 37 heavy (non-hydrogen) atoms. The van der Waals surface area contributed by atoms with Crippen molar-refractivity contribution in [2.75, 3.05) is 51.5 Å². The minimum absolute atomic E-state index is 0.130. The molecule has 7 heteroatoms. The number of likely N-dealkylation sites (N-methyl/N-ethyl adjacent to an activating group) is 1. The van der Waals surface area contributed by atoms with Crippen molar-refractivity contribution in [1.29, 1.82) is 0 Å². The number of thiophene rings is 1. The fourth-order valence-electron chi connectivity index (χ4n) is 5.18. The van der Waals surface area contributed by atoms with Crippen LogP contribution in [0.25, 0.3) is 21.3 Å². The van der Waals surface area contributed by atoms with E-state index >= 15 is 0 Å². The van der Waals surface area contributed by atoms with Crippen LogP contribution < -0.4 is 10.2 Å². The predicted octanol–water partition coefficient (Wildman–Crippen LogP) is 6.04. The Kier molecular flexibility index (Phi) is 7.47. The van der Waals surface area contributed by atoms with E-state index in [1.54, 1.807) is 0 Å². The molecule has 0 radical (unpaired) electrons. The molecule has 0 saturated carbocycles. The number of aryl methyl sites for hydroxylation is 1. The molecule has 1 aliphatic heterocycles. The van der Waals surface area contributed by atoms with Crippen LogP contribution in [-0.4, -0.2) is 67.1 Å². The average molecular weight is 515 g/mol. The Morgan fingerprint density at radius 3 is 2.62 bits per heavy atom. The van der Waals surface area contributed by atoms with Crippen molar-refractivity contribution in [3.8, 4) is 10.4 Å². The number of anilines is 2. The van der Waals surface area contributed by atoms with Crippen LogP contribution in [0.5, 0.6) is 0 Å². The molecule has 0 aliphatic carbocycles. The zero-order valence-electron chi connectivity index (χ0n) is 22.8. The molecule has 2 unspecified atom stereocenters. The van der Waals surface area contributed by atoms with Crippen LogP contribution in [0.15, 0.2) is 54.6 Å². The van der Waals surface area contributed by atoms with Gasteiger partial charge >= 0.3 is 0 Å². The highest BCUT2D eigenvalue weighted by atomic mass is 32.1. The molecule has 4 aromatic rings. The van der Waals surface area contributed by atoms with E-state index in [0.717, 1.165) is 42.2 Å². The van der Waals surface area contributed by atoms with E-state index in [1.807, 2.05) is 18.3 Å². The standard InChI is InChI=1S/C30H38N6S/c1-20(28-13-14-29(37-28)25-10-8-7-9-22(25)18-34(3)4)31-30-26-17-23(11-12-27(26)32-21(2)33-30)36-16-15-24(19-36)35(5)6/h7-14,17,20,24H,15-16,18-19H2,1-6H3,(H,31,32,33). The molecule has 2 atom stereocenters. The summed E-state index contributed by atoms with van der Waals surface area (Å²) in [6.45, 7) is 7.25. The molecular formula is C30H38N6S. The summed E-state index contributed by atoms with van der Waals surface area (Å²) in [5, 5.41) is 4.80. The van der Waals surface area contributed by atoms with Crippen LogP contribution in [0.3, 0.4) is 0 Å². The second-order valence-corrected chi connectivity index (χ2v) is 11.8. The van der Waals surface area contributed by atoms with Crippen molar-refractivity contribution in [1.82, 2.24) is 19.8 Å². The first-order valence-electron chi connectivity index (χ1n) is 13.1. The monoisotopic (exact) mass is 514 g/mol. The minimum atomic E-state index is 0.130. The summed E-state index contributed by atoms with van der Waals surface area (Å²) in [7, 11) is 8.58. The van der Waals surface area contributed by atoms with E-state index in [1.165, 1.54) is 33.0 Å². The summed E-state index contributed by atoms with van der Waals surface area (Å²) in [4.78, 5) is 19.2. The van der Waals surface area contributed by atoms with Gasteiger partial charge in [0.1, 0.15) is 11.6 Å². The van der Waals surface area contributed by atoms with Crippen molar-refractivity contribution in [2.45, 2.75) is 38.9 Å². The smallest absolute Gasteiger partial charge is 0.138 e. The third-order valence-corrected chi connectivity index (χ3v) is 8.53. The Labute approximate surface area is 225 Å². The first-order chi connectivity index (χ1) is 17.8. The van der Waals surface area contributed by atoms with Gasteiger partial charge in [-0.1, -0.05) is 24.3 Å². The van der Waals surface area contributed by atoms with Gasteiger partial charge in [0.2, 0.25) is 0 Å². The normalized spacial score (nSPS) is 16.8. The molecular weight excluding hydrogens is 476 g/mol. The summed E-state index contributed by atoms with van der Waals surface area (Å²) >= 11 is 1.85. The lowest BCUT2D eigenvalue weighted by Gasteiger charge is -2.22. The molecule has 6 nitrogen and oxygen atoms in total. The molecule has 2 aromatic heterocycles. The SMILES string of the molecule is Cc1nc(NC(C)c2ccc(-c3ccccc3CN(C)C)s2)c2cc(N3CCC(N(C)C)C3)ccc2n1. The lowest BCUT2D eigenvalue weighted by Crippen LogP contribution is -2.31. The third-order valence-electron chi connectivity index (χ3n) is 7.23. The van der Waals surface area contributed by atoms with E-state index in [4.69, 9.17) is 9.97 Å². The van der Waals surface area contributed by atoms with E-state index < -0.39 is 0 Å². The maximum Gasteiger partial charge on any atom is 0.138 e. The van der Waals surface area contributed by atoms with Gasteiger partial charge in [0.05, 0.1) is 11.6 Å². The average Bonchev–Trinajstić information content (AvgIpc) is 3.54. The zero-order chi connectivity index (χ0) is 26.1. The van der Waals surface area contributed by atoms with Crippen molar-refractivity contribution in [3.63, 3.8) is 0 Å². The summed E-state index contributed by atoms with van der Waals surface area (Å²) in [5.74, 6) is 1.69. The summed E-state index contributed by atoms with van der Waals surface area (Å²) in [6, 6.07) is 20.5. The molecule has 0 bridgehead atoms. The van der Waals surface area contributed by atoms with Gasteiger partial charge in [0.25, 0.3) is 0 Å². The zero-order valence-corrected chi connectivity index (χ0v) is 23.6. The van der Waals surface area contributed by atoms with E-state index in [-0.39, 0.29) is 6.04 Å². The Bertz CT molecular complexity index is 1380. The predicted molar refractivity (Wildman–Crippen MR) is 158 cm³/mol. The maximum atomic E-state index is 4.84. The van der Waals surface area contributed by atoms with Crippen molar-refractivity contribution in [3.05, 3.63) is 70.9 Å². The van der Waals surface area contributed by atoms with E-state index in [9.17, 15) is 0 Å². The van der Waals surface area contributed by atoms with E-state index in [0.29, 0.717) is 6.04 Å². The highest BCUT2D eigenvalue weighted by Gasteiger charge is 2.24. The Morgan fingerprint density at radius 2 is 1.86 bits per heavy atom. The van der Waals surface area contributed by atoms with Crippen molar-refractivity contribution < 1.29 is 0 Å². The van der Waals surface area contributed by atoms with Crippen molar-refractivity contribution >= 4 is 33.7 Å². The number of hydrogen-bond acceptors (Lipinski definition) is 7. The third kappa shape index (κ3) is 5.64. The Balaban J connectivity index is 1.41. The van der Waals surface area contributed by atoms with Gasteiger partial charge in [-0.3, -0.25) is 0 Å². The van der Waals surface area contributed by atoms with Crippen LogP contribution in [0.1, 0.15) is 35.7 Å². The molecule has 194 valence electrons. The number of nitrogens with one attached hydrogen (secondary N) is 1. The topological polar surface area (TPSA) is 47.5 Å². The number of nitrogens with zero attached hydrogens (tertiary/aromatic N) is 5. The largest absolute Gasteiger partial charge is 0.370 e. The lowest BCUT2D eigenvalue weighted by atomic mass is 10.1. The summed E-state index contributed by atoms with van der Waals surface area (Å²) in [6.07, 6.45) is 1.19. The number of aromatic nitrogens is 2. The Morgan fingerprint density at radius 1 is 1.05 bits per heavy atom. The van der Waals surface area contributed by atoms with Gasteiger partial charge in [0.15, 0.2) is 0 Å². The van der Waals surface area contributed by atoms with Crippen LogP contribution in [-0.2, 0) is 6.54 Å². The number of fused-ring (bicyclic) bond motifs is 1. The number of rotatable bonds is 8. The number of benzene rings is 2. The summed E-state index contributed by atoms with van der Waals surface area (Å²) in [5.41, 5.74) is 4.90. The molecule has 1 fully saturated rings. The first kappa shape index (κ1) is 25.6. The van der Waals surface area contributed by atoms with Gasteiger partial charge in [-0.05, 0) is 89.9 Å². The molecule has 1 aliphatic rings. The Hall–Kier alpha value is -3.00. The van der Waals surface area contributed by atoms with Gasteiger partial charge in [-0.2, -0.15) is 0 Å². The van der Waals surface area contributed by atoms with Crippen molar-refractivity contribution in [2.24, 2.45) is 0 Å². The molecule has 1 N–H and O–H groups in total. The van der Waals surface area contributed by atoms with Gasteiger partial charge in [-0.15, -0.1) is 11.3 Å². The minimum Gasteiger partial charge on any atom is -0.370 e. The van der Waals surface area contributed by atoms with E-state index in [2.05, 4.69) is 110 Å². The maximum absolute atomic E-state index is 4.84. The number of hydrogen-bond donors (Lipinski definition) is 1. The quantitative estimate of drug-likeness (QED) is 0.309. The van der Waals surface area contributed by atoms with Gasteiger partial charge in [0, 0.05) is 46.5 Å². The van der Waals surface area contributed by atoms with Crippen LogP contribution >= 0.6 is 11.3 Å². The summed E-state index contributed by atoms with van der Waals surface area (Å²) < 4.78 is 0. The molecule has 0 amide bonds. The molecule has 5 rings (SSSR count). The molecule has 0 spiro atoms. The highest BCUT2D eigenvalue weighted by Crippen LogP contribution is 2.36. The molecule has 3 heterocycles. The second-order valence-electron chi connectivity index (χ2n) is 10.6. The highest BCUT2D eigenvalue weighted by molar-refractivity contribution is 7.15. The fourth-order valence-corrected chi connectivity index (χ4v) is 6.25. The molecule has 1 saturated heterocycles. The van der Waals surface area contributed by atoms with Gasteiger partial charge < -0.3 is 20.0 Å². The van der Waals surface area contributed by atoms with Crippen LogP contribution in [0.2, 0.25) is 0 Å². The van der Waals surface area contributed by atoms with Crippen LogP contribution in [0.4, 0.5) is 11.5 Å². The van der Waals surface area contributed by atoms with Gasteiger partial charge in [-0.25, -0.2) is 9.97 Å².